The van der Waals surface area contributed by atoms with Gasteiger partial charge in [-0.1, -0.05) is 65.8 Å². The van der Waals surface area contributed by atoms with Crippen LogP contribution in [0.15, 0.2) is 89.3 Å². The Morgan fingerprint density at radius 1 is 0.727 bits per heavy atom. The standard InChI is InChI=1S/C25H20N4O4/c30-21(17-9-3-1-4-10-17)15-16-22(31)26-20-14-8-7-13-19(20)23(32)27-25-29-28-24(33-25)18-11-5-2-6-12-18/h1-14H,15-16H2,(H,26,31)(H,27,29,32). The van der Waals surface area contributed by atoms with Crippen LogP contribution < -0.4 is 10.6 Å². The van der Waals surface area contributed by atoms with Gasteiger partial charge in [0.1, 0.15) is 0 Å². The molecule has 0 unspecified atom stereocenters. The molecule has 0 radical (unpaired) electrons. The summed E-state index contributed by atoms with van der Waals surface area (Å²) in [4.78, 5) is 37.4. The summed E-state index contributed by atoms with van der Waals surface area (Å²) >= 11 is 0. The van der Waals surface area contributed by atoms with E-state index in [0.29, 0.717) is 11.3 Å². The Hall–Kier alpha value is -4.59. The van der Waals surface area contributed by atoms with Crippen LogP contribution in [-0.2, 0) is 4.79 Å². The maximum absolute atomic E-state index is 12.8. The molecule has 0 fully saturated rings. The Labute approximate surface area is 189 Å². The van der Waals surface area contributed by atoms with Crippen LogP contribution in [0.3, 0.4) is 0 Å². The number of carbonyl (C=O) groups excluding carboxylic acids is 3. The minimum Gasteiger partial charge on any atom is -0.403 e. The van der Waals surface area contributed by atoms with Crippen molar-refractivity contribution >= 4 is 29.3 Å². The zero-order valence-electron chi connectivity index (χ0n) is 17.5. The second-order valence-electron chi connectivity index (χ2n) is 7.12. The largest absolute Gasteiger partial charge is 0.403 e. The lowest BCUT2D eigenvalue weighted by Gasteiger charge is -2.10. The zero-order valence-corrected chi connectivity index (χ0v) is 17.5. The van der Waals surface area contributed by atoms with Crippen molar-refractivity contribution in [2.75, 3.05) is 10.6 Å². The van der Waals surface area contributed by atoms with Crippen LogP contribution in [0, 0.1) is 0 Å². The molecule has 8 nitrogen and oxygen atoms in total. The number of hydrogen-bond acceptors (Lipinski definition) is 6. The number of ketones is 1. The number of Topliss-reactive ketones (excluding diaryl/α,β-unsaturated/α-hetero) is 1. The SMILES string of the molecule is O=C(CCC(=O)c1ccccc1)Nc1ccccc1C(=O)Nc1nnc(-c2ccccc2)o1. The zero-order chi connectivity index (χ0) is 23.0. The summed E-state index contributed by atoms with van der Waals surface area (Å²) in [6.07, 6.45) is 0.0578. The first-order valence-electron chi connectivity index (χ1n) is 10.3. The minimum atomic E-state index is -0.519. The van der Waals surface area contributed by atoms with Crippen molar-refractivity contribution in [1.82, 2.24) is 10.2 Å². The maximum atomic E-state index is 12.8. The number of benzene rings is 3. The number of nitrogens with one attached hydrogen (secondary N) is 2. The molecular formula is C25H20N4O4. The van der Waals surface area contributed by atoms with E-state index < -0.39 is 5.91 Å². The van der Waals surface area contributed by atoms with E-state index >= 15 is 0 Å². The highest BCUT2D eigenvalue weighted by Crippen LogP contribution is 2.21. The van der Waals surface area contributed by atoms with Gasteiger partial charge in [-0.25, -0.2) is 0 Å². The van der Waals surface area contributed by atoms with E-state index in [1.807, 2.05) is 36.4 Å². The van der Waals surface area contributed by atoms with Crippen molar-refractivity contribution in [3.63, 3.8) is 0 Å². The number of aromatic nitrogens is 2. The van der Waals surface area contributed by atoms with Gasteiger partial charge in [0.2, 0.25) is 11.8 Å². The molecular weight excluding hydrogens is 420 g/mol. The minimum absolute atomic E-state index is 0.00617. The molecule has 8 heteroatoms. The topological polar surface area (TPSA) is 114 Å². The summed E-state index contributed by atoms with van der Waals surface area (Å²) < 4.78 is 5.51. The van der Waals surface area contributed by atoms with Crippen molar-refractivity contribution in [3.8, 4) is 11.5 Å². The highest BCUT2D eigenvalue weighted by molar-refractivity contribution is 6.09. The van der Waals surface area contributed by atoms with Crippen molar-refractivity contribution in [3.05, 3.63) is 96.1 Å². The third kappa shape index (κ3) is 5.56. The van der Waals surface area contributed by atoms with Crippen molar-refractivity contribution in [2.45, 2.75) is 12.8 Å². The molecule has 4 aromatic rings. The molecule has 0 spiro atoms. The molecule has 1 aromatic heterocycles. The summed E-state index contributed by atoms with van der Waals surface area (Å²) in [5, 5.41) is 13.0. The Kier molecular flexibility index (Phi) is 6.65. The average Bonchev–Trinajstić information content (AvgIpc) is 3.32. The van der Waals surface area contributed by atoms with Crippen LogP contribution in [0.2, 0.25) is 0 Å². The van der Waals surface area contributed by atoms with Gasteiger partial charge in [-0.05, 0) is 24.3 Å². The molecule has 4 rings (SSSR count). The third-order valence-electron chi connectivity index (χ3n) is 4.79. The van der Waals surface area contributed by atoms with Crippen LogP contribution in [-0.4, -0.2) is 27.8 Å². The lowest BCUT2D eigenvalue weighted by Crippen LogP contribution is -2.18. The average molecular weight is 440 g/mol. The molecule has 0 saturated heterocycles. The lowest BCUT2D eigenvalue weighted by molar-refractivity contribution is -0.116. The quantitative estimate of drug-likeness (QED) is 0.387. The second-order valence-corrected chi connectivity index (χ2v) is 7.12. The first-order chi connectivity index (χ1) is 16.1. The van der Waals surface area contributed by atoms with Crippen LogP contribution in [0.4, 0.5) is 11.7 Å². The fraction of sp³-hybridized carbons (Fsp3) is 0.0800. The van der Waals surface area contributed by atoms with Gasteiger partial charge >= 0.3 is 6.01 Å². The summed E-state index contributed by atoms with van der Waals surface area (Å²) in [5.41, 5.74) is 1.82. The predicted molar refractivity (Wildman–Crippen MR) is 123 cm³/mol. The summed E-state index contributed by atoms with van der Waals surface area (Å²) in [7, 11) is 0. The molecule has 0 aliphatic carbocycles. The number of para-hydroxylation sites is 1. The monoisotopic (exact) mass is 440 g/mol. The van der Waals surface area contributed by atoms with Crippen molar-refractivity contribution < 1.29 is 18.8 Å². The van der Waals surface area contributed by atoms with E-state index in [-0.39, 0.29) is 42.0 Å². The lowest BCUT2D eigenvalue weighted by atomic mass is 10.1. The molecule has 0 saturated carbocycles. The fourth-order valence-electron chi connectivity index (χ4n) is 3.13. The van der Waals surface area contributed by atoms with Gasteiger partial charge < -0.3 is 9.73 Å². The molecule has 3 aromatic carbocycles. The Bertz CT molecular complexity index is 1270. The van der Waals surface area contributed by atoms with Crippen molar-refractivity contribution in [2.24, 2.45) is 0 Å². The highest BCUT2D eigenvalue weighted by Gasteiger charge is 2.17. The van der Waals surface area contributed by atoms with E-state index in [2.05, 4.69) is 20.8 Å². The summed E-state index contributed by atoms with van der Waals surface area (Å²) in [6.45, 7) is 0. The number of amides is 2. The second kappa shape index (κ2) is 10.1. The van der Waals surface area contributed by atoms with Crippen LogP contribution >= 0.6 is 0 Å². The number of carbonyl (C=O) groups is 3. The number of hydrogen-bond donors (Lipinski definition) is 2. The van der Waals surface area contributed by atoms with Crippen molar-refractivity contribution in [1.29, 1.82) is 0 Å². The fourth-order valence-corrected chi connectivity index (χ4v) is 3.13. The summed E-state index contributed by atoms with van der Waals surface area (Å²) in [5.74, 6) is -0.740. The molecule has 0 aliphatic rings. The number of rotatable bonds is 8. The van der Waals surface area contributed by atoms with E-state index in [1.54, 1.807) is 48.5 Å². The van der Waals surface area contributed by atoms with E-state index in [1.165, 1.54) is 0 Å². The first-order valence-corrected chi connectivity index (χ1v) is 10.3. The molecule has 33 heavy (non-hydrogen) atoms. The van der Waals surface area contributed by atoms with Gasteiger partial charge in [0, 0.05) is 24.0 Å². The Morgan fingerprint density at radius 3 is 2.15 bits per heavy atom. The van der Waals surface area contributed by atoms with Gasteiger partial charge in [-0.15, -0.1) is 5.10 Å². The normalized spacial score (nSPS) is 10.4. The van der Waals surface area contributed by atoms with Crippen LogP contribution in [0.25, 0.3) is 11.5 Å². The smallest absolute Gasteiger partial charge is 0.322 e. The molecule has 164 valence electrons. The molecule has 2 N–H and O–H groups in total. The van der Waals surface area contributed by atoms with Gasteiger partial charge in [0.05, 0.1) is 11.3 Å². The number of anilines is 2. The third-order valence-corrected chi connectivity index (χ3v) is 4.79. The molecule has 0 atom stereocenters. The van der Waals surface area contributed by atoms with E-state index in [9.17, 15) is 14.4 Å². The highest BCUT2D eigenvalue weighted by atomic mass is 16.4. The molecule has 0 aliphatic heterocycles. The van der Waals surface area contributed by atoms with E-state index in [0.717, 1.165) is 5.56 Å². The molecule has 2 amide bonds. The van der Waals surface area contributed by atoms with Crippen LogP contribution in [0.5, 0.6) is 0 Å². The first kappa shape index (κ1) is 21.6. The molecule has 0 bridgehead atoms. The van der Waals surface area contributed by atoms with Crippen LogP contribution in [0.1, 0.15) is 33.6 Å². The summed E-state index contributed by atoms with van der Waals surface area (Å²) in [6, 6.07) is 24.4. The van der Waals surface area contributed by atoms with Gasteiger partial charge in [0.15, 0.2) is 5.78 Å². The van der Waals surface area contributed by atoms with Gasteiger partial charge in [-0.2, -0.15) is 0 Å². The van der Waals surface area contributed by atoms with E-state index in [4.69, 9.17) is 4.42 Å². The van der Waals surface area contributed by atoms with Gasteiger partial charge in [-0.3, -0.25) is 19.7 Å². The Morgan fingerprint density at radius 2 is 1.39 bits per heavy atom. The number of nitrogens with zero attached hydrogens (tertiary/aromatic N) is 2. The molecule has 1 heterocycles. The van der Waals surface area contributed by atoms with Gasteiger partial charge in [0.25, 0.3) is 5.91 Å². The maximum Gasteiger partial charge on any atom is 0.322 e. The predicted octanol–water partition coefficient (Wildman–Crippen LogP) is 4.59. The Balaban J connectivity index is 1.39.